The van der Waals surface area contributed by atoms with E-state index in [2.05, 4.69) is 10.4 Å². The topological polar surface area (TPSA) is 73.2 Å². The molecule has 1 aromatic heterocycles. The summed E-state index contributed by atoms with van der Waals surface area (Å²) < 4.78 is 7.12. The Labute approximate surface area is 175 Å². The van der Waals surface area contributed by atoms with Crippen molar-refractivity contribution < 1.29 is 14.3 Å². The minimum absolute atomic E-state index is 0.182. The molecule has 1 aliphatic rings. The lowest BCUT2D eigenvalue weighted by Crippen LogP contribution is -2.31. The van der Waals surface area contributed by atoms with E-state index in [4.69, 9.17) is 4.74 Å². The van der Waals surface area contributed by atoms with E-state index >= 15 is 0 Å². The van der Waals surface area contributed by atoms with Crippen LogP contribution < -0.4 is 5.32 Å². The fourth-order valence-electron chi connectivity index (χ4n) is 3.77. The first kappa shape index (κ1) is 19.9. The van der Waals surface area contributed by atoms with E-state index in [1.165, 1.54) is 0 Å². The van der Waals surface area contributed by atoms with Crippen LogP contribution in [0.3, 0.4) is 0 Å². The molecule has 6 heteroatoms. The van der Waals surface area contributed by atoms with Gasteiger partial charge in [0, 0.05) is 11.3 Å². The third-order valence-electron chi connectivity index (χ3n) is 5.28. The maximum absolute atomic E-state index is 12.9. The molecule has 0 spiro atoms. The lowest BCUT2D eigenvalue weighted by molar-refractivity contribution is -0.143. The van der Waals surface area contributed by atoms with Gasteiger partial charge in [-0.15, -0.1) is 0 Å². The van der Waals surface area contributed by atoms with Crippen LogP contribution in [-0.4, -0.2) is 28.2 Å². The SMILES string of the molecule is O=C(CNC(=O)c1nn(-c2ccccc2)c2c1CCCCC2)OCc1ccccc1. The molecule has 30 heavy (non-hydrogen) atoms. The van der Waals surface area contributed by atoms with E-state index in [0.29, 0.717) is 5.69 Å². The third kappa shape index (κ3) is 4.59. The van der Waals surface area contributed by atoms with Gasteiger partial charge in [-0.3, -0.25) is 9.59 Å². The average Bonchev–Trinajstić information content (AvgIpc) is 2.98. The maximum Gasteiger partial charge on any atom is 0.325 e. The highest BCUT2D eigenvalue weighted by Gasteiger charge is 2.25. The largest absolute Gasteiger partial charge is 0.460 e. The fourth-order valence-corrected chi connectivity index (χ4v) is 3.77. The molecule has 0 atom stereocenters. The van der Waals surface area contributed by atoms with Crippen LogP contribution in [0, 0.1) is 0 Å². The number of benzene rings is 2. The number of aromatic nitrogens is 2. The number of ether oxygens (including phenoxy) is 1. The Balaban J connectivity index is 1.46. The van der Waals surface area contributed by atoms with Gasteiger partial charge in [0.15, 0.2) is 5.69 Å². The summed E-state index contributed by atoms with van der Waals surface area (Å²) in [7, 11) is 0. The quantitative estimate of drug-likeness (QED) is 0.504. The number of nitrogens with one attached hydrogen (secondary N) is 1. The Kier molecular flexibility index (Phi) is 6.23. The van der Waals surface area contributed by atoms with Gasteiger partial charge >= 0.3 is 5.97 Å². The summed E-state index contributed by atoms with van der Waals surface area (Å²) in [6.07, 6.45) is 4.97. The summed E-state index contributed by atoms with van der Waals surface area (Å²) in [4.78, 5) is 24.9. The predicted molar refractivity (Wildman–Crippen MR) is 113 cm³/mol. The minimum Gasteiger partial charge on any atom is -0.460 e. The summed E-state index contributed by atoms with van der Waals surface area (Å²) in [5, 5.41) is 7.31. The number of esters is 1. The van der Waals surface area contributed by atoms with E-state index in [9.17, 15) is 9.59 Å². The Morgan fingerprint density at radius 1 is 0.933 bits per heavy atom. The van der Waals surface area contributed by atoms with Crippen LogP contribution in [-0.2, 0) is 29.0 Å². The summed E-state index contributed by atoms with van der Waals surface area (Å²) in [5.41, 5.74) is 4.34. The number of amides is 1. The average molecular weight is 403 g/mol. The molecule has 1 aliphatic carbocycles. The van der Waals surface area contributed by atoms with Gasteiger partial charge in [0.25, 0.3) is 5.91 Å². The second-order valence-corrected chi connectivity index (χ2v) is 7.41. The molecule has 0 saturated carbocycles. The van der Waals surface area contributed by atoms with Crippen molar-refractivity contribution in [3.05, 3.63) is 83.2 Å². The summed E-state index contributed by atoms with van der Waals surface area (Å²) in [6, 6.07) is 19.3. The zero-order chi connectivity index (χ0) is 20.8. The number of hydrogen-bond acceptors (Lipinski definition) is 4. The summed E-state index contributed by atoms with van der Waals surface area (Å²) in [5.74, 6) is -0.805. The number of para-hydroxylation sites is 1. The van der Waals surface area contributed by atoms with E-state index in [-0.39, 0.29) is 19.1 Å². The monoisotopic (exact) mass is 403 g/mol. The maximum atomic E-state index is 12.9. The van der Waals surface area contributed by atoms with Crippen molar-refractivity contribution >= 4 is 11.9 Å². The smallest absolute Gasteiger partial charge is 0.325 e. The first-order chi connectivity index (χ1) is 14.7. The molecule has 0 bridgehead atoms. The molecule has 3 aromatic rings. The number of fused-ring (bicyclic) bond motifs is 1. The number of rotatable bonds is 6. The van der Waals surface area contributed by atoms with Crippen molar-refractivity contribution in [1.82, 2.24) is 15.1 Å². The van der Waals surface area contributed by atoms with E-state index in [0.717, 1.165) is 54.6 Å². The fraction of sp³-hybridized carbons (Fsp3) is 0.292. The number of nitrogens with zero attached hydrogens (tertiary/aromatic N) is 2. The number of carbonyl (C=O) groups excluding carboxylic acids is 2. The third-order valence-corrected chi connectivity index (χ3v) is 5.28. The van der Waals surface area contributed by atoms with E-state index < -0.39 is 5.97 Å². The molecule has 1 N–H and O–H groups in total. The van der Waals surface area contributed by atoms with Crippen molar-refractivity contribution in [3.8, 4) is 5.69 Å². The van der Waals surface area contributed by atoms with E-state index in [1.54, 1.807) is 0 Å². The lowest BCUT2D eigenvalue weighted by Gasteiger charge is -2.07. The van der Waals surface area contributed by atoms with Crippen LogP contribution in [0.2, 0.25) is 0 Å². The Bertz CT molecular complexity index is 1010. The lowest BCUT2D eigenvalue weighted by atomic mass is 10.1. The molecule has 2 aromatic carbocycles. The summed E-state index contributed by atoms with van der Waals surface area (Å²) in [6.45, 7) is 0.00616. The van der Waals surface area contributed by atoms with Gasteiger partial charge < -0.3 is 10.1 Å². The van der Waals surface area contributed by atoms with Crippen LogP contribution >= 0.6 is 0 Å². The van der Waals surface area contributed by atoms with E-state index in [1.807, 2.05) is 65.3 Å². The highest BCUT2D eigenvalue weighted by Crippen LogP contribution is 2.26. The standard InChI is InChI=1S/C24H25N3O3/c28-22(30-17-18-10-4-1-5-11-18)16-25-24(29)23-20-14-8-3-9-15-21(20)27(26-23)19-12-6-2-7-13-19/h1-2,4-7,10-13H,3,8-9,14-17H2,(H,25,29). The molecule has 6 nitrogen and oxygen atoms in total. The molecule has 154 valence electrons. The first-order valence-electron chi connectivity index (χ1n) is 10.4. The number of carbonyl (C=O) groups is 2. The molecular formula is C24H25N3O3. The summed E-state index contributed by atoms with van der Waals surface area (Å²) >= 11 is 0. The van der Waals surface area contributed by atoms with Crippen LogP contribution in [0.25, 0.3) is 5.69 Å². The van der Waals surface area contributed by atoms with Gasteiger partial charge in [-0.25, -0.2) is 4.68 Å². The van der Waals surface area contributed by atoms with Gasteiger partial charge in [-0.05, 0) is 43.4 Å². The van der Waals surface area contributed by atoms with Crippen LogP contribution in [0.4, 0.5) is 0 Å². The molecule has 4 rings (SSSR count). The normalized spacial score (nSPS) is 13.2. The molecule has 0 radical (unpaired) electrons. The second-order valence-electron chi connectivity index (χ2n) is 7.41. The second kappa shape index (κ2) is 9.39. The Morgan fingerprint density at radius 3 is 2.40 bits per heavy atom. The molecular weight excluding hydrogens is 378 g/mol. The van der Waals surface area contributed by atoms with Gasteiger partial charge in [0.05, 0.1) is 5.69 Å². The molecule has 0 saturated heterocycles. The zero-order valence-corrected chi connectivity index (χ0v) is 16.8. The zero-order valence-electron chi connectivity index (χ0n) is 16.8. The van der Waals surface area contributed by atoms with Crippen LogP contribution in [0.1, 0.15) is 46.6 Å². The van der Waals surface area contributed by atoms with Gasteiger partial charge in [0.2, 0.25) is 0 Å². The molecule has 1 heterocycles. The van der Waals surface area contributed by atoms with Crippen LogP contribution in [0.5, 0.6) is 0 Å². The number of hydrogen-bond donors (Lipinski definition) is 1. The molecule has 0 unspecified atom stereocenters. The van der Waals surface area contributed by atoms with Gasteiger partial charge in [-0.1, -0.05) is 55.0 Å². The van der Waals surface area contributed by atoms with Crippen molar-refractivity contribution in [2.24, 2.45) is 0 Å². The molecule has 1 amide bonds. The highest BCUT2D eigenvalue weighted by molar-refractivity contribution is 5.95. The Hall–Kier alpha value is -3.41. The first-order valence-corrected chi connectivity index (χ1v) is 10.4. The van der Waals surface area contributed by atoms with Crippen molar-refractivity contribution in [3.63, 3.8) is 0 Å². The highest BCUT2D eigenvalue weighted by atomic mass is 16.5. The van der Waals surface area contributed by atoms with Gasteiger partial charge in [0.1, 0.15) is 13.2 Å². The van der Waals surface area contributed by atoms with Crippen molar-refractivity contribution in [2.45, 2.75) is 38.7 Å². The van der Waals surface area contributed by atoms with Gasteiger partial charge in [-0.2, -0.15) is 5.10 Å². The predicted octanol–water partition coefficient (Wildman–Crippen LogP) is 3.61. The van der Waals surface area contributed by atoms with Crippen LogP contribution in [0.15, 0.2) is 60.7 Å². The molecule has 0 fully saturated rings. The van der Waals surface area contributed by atoms with Crippen molar-refractivity contribution in [1.29, 1.82) is 0 Å². The molecule has 0 aliphatic heterocycles. The minimum atomic E-state index is -0.471. The van der Waals surface area contributed by atoms with Crippen molar-refractivity contribution in [2.75, 3.05) is 6.54 Å². The Morgan fingerprint density at radius 2 is 1.63 bits per heavy atom.